The second kappa shape index (κ2) is 9.47. The Hall–Kier alpha value is -3.63. The summed E-state index contributed by atoms with van der Waals surface area (Å²) in [6, 6.07) is 2.85. The maximum Gasteiger partial charge on any atom is 0.267 e. The van der Waals surface area contributed by atoms with E-state index < -0.39 is 5.91 Å². The number of fused-ring (bicyclic) bond motifs is 1. The van der Waals surface area contributed by atoms with Gasteiger partial charge in [0.2, 0.25) is 5.89 Å². The Labute approximate surface area is 193 Å². The number of nitrogens with zero attached hydrogens (tertiary/aromatic N) is 5. The zero-order valence-electron chi connectivity index (χ0n) is 17.8. The highest BCUT2D eigenvalue weighted by Gasteiger charge is 2.31. The van der Waals surface area contributed by atoms with E-state index in [2.05, 4.69) is 26.7 Å². The van der Waals surface area contributed by atoms with Crippen molar-refractivity contribution in [2.75, 3.05) is 6.61 Å². The van der Waals surface area contributed by atoms with E-state index in [4.69, 9.17) is 26.6 Å². The van der Waals surface area contributed by atoms with Gasteiger partial charge in [-0.05, 0) is 37.1 Å². The predicted molar refractivity (Wildman–Crippen MR) is 121 cm³/mol. The molecular weight excluding hydrogens is 448 g/mol. The number of carbonyl (C=O) groups is 1. The van der Waals surface area contributed by atoms with Gasteiger partial charge in [0.05, 0.1) is 18.1 Å². The van der Waals surface area contributed by atoms with Crippen LogP contribution in [0.2, 0.25) is 0 Å². The van der Waals surface area contributed by atoms with Crippen molar-refractivity contribution in [1.29, 1.82) is 0 Å². The van der Waals surface area contributed by atoms with Crippen LogP contribution in [0.25, 0.3) is 11.0 Å². The van der Waals surface area contributed by atoms with Gasteiger partial charge in [0.15, 0.2) is 11.5 Å². The molecule has 1 saturated heterocycles. The second-order valence-electron chi connectivity index (χ2n) is 7.53. The molecule has 0 spiro atoms. The van der Waals surface area contributed by atoms with Gasteiger partial charge in [-0.25, -0.2) is 9.97 Å². The van der Waals surface area contributed by atoms with E-state index in [1.807, 2.05) is 6.08 Å². The topological polar surface area (TPSA) is 139 Å². The van der Waals surface area contributed by atoms with Crippen LogP contribution in [0.15, 0.2) is 63.2 Å². The molecule has 0 unspecified atom stereocenters. The molecule has 11 heteroatoms. The van der Waals surface area contributed by atoms with Crippen LogP contribution in [0.3, 0.4) is 0 Å². The second-order valence-corrected chi connectivity index (χ2v) is 8.13. The lowest BCUT2D eigenvalue weighted by atomic mass is 9.99. The molecule has 0 radical (unpaired) electrons. The maximum absolute atomic E-state index is 12.8. The first-order chi connectivity index (χ1) is 15.9. The fourth-order valence-electron chi connectivity index (χ4n) is 3.50. The Morgan fingerprint density at radius 1 is 1.36 bits per heavy atom. The molecule has 0 saturated carbocycles. The third kappa shape index (κ3) is 4.91. The van der Waals surface area contributed by atoms with E-state index in [-0.39, 0.29) is 46.7 Å². The normalized spacial score (nSPS) is 19.2. The van der Waals surface area contributed by atoms with Crippen LogP contribution < -0.4 is 11.3 Å². The number of allylic oxidation sites excluding steroid dienone is 3. The van der Waals surface area contributed by atoms with E-state index in [9.17, 15) is 9.59 Å². The van der Waals surface area contributed by atoms with Crippen molar-refractivity contribution in [3.63, 3.8) is 0 Å². The van der Waals surface area contributed by atoms with E-state index in [0.29, 0.717) is 23.9 Å². The van der Waals surface area contributed by atoms with Gasteiger partial charge in [0.25, 0.3) is 11.5 Å². The lowest BCUT2D eigenvalue weighted by molar-refractivity contribution is 0.0996. The average Bonchev–Trinajstić information content (AvgIpc) is 3.45. The first-order valence-electron chi connectivity index (χ1n) is 10.1. The number of ether oxygens (including phenoxy) is 1. The smallest absolute Gasteiger partial charge is 0.267 e. The molecule has 1 aliphatic rings. The number of aromatic nitrogens is 5. The predicted octanol–water partition coefficient (Wildman–Crippen LogP) is 2.45. The van der Waals surface area contributed by atoms with Gasteiger partial charge in [-0.2, -0.15) is 4.98 Å². The molecule has 3 aromatic heterocycles. The van der Waals surface area contributed by atoms with Gasteiger partial charge in [0.1, 0.15) is 18.6 Å². The fraction of sp³-hybridized carbons (Fsp3) is 0.273. The monoisotopic (exact) mass is 468 g/mol. The number of primary amides is 1. The Morgan fingerprint density at radius 3 is 2.91 bits per heavy atom. The zero-order chi connectivity index (χ0) is 23.5. The minimum atomic E-state index is -0.694. The van der Waals surface area contributed by atoms with Crippen LogP contribution in [-0.2, 0) is 11.3 Å². The number of pyridine rings is 1. The standard InChI is InChI=1S/C22H21ClN6O4/c1-3-13(5-4-12(2)23)17-8-14(10-32-17)20-27-18(33-28-20)9-29-11-25-21-15(22(29)31)6-7-16(26-21)19(24)30/h3-7,11,14,17H,1,8-10H2,2H3,(H2,24,30)/b12-4+,13-5+/t14-,17+/m0/s1. The highest BCUT2D eigenvalue weighted by atomic mass is 35.5. The first kappa shape index (κ1) is 22.6. The molecule has 2 atom stereocenters. The van der Waals surface area contributed by atoms with Gasteiger partial charge in [-0.1, -0.05) is 35.5 Å². The number of carbonyl (C=O) groups excluding carboxylic acids is 1. The molecule has 170 valence electrons. The molecule has 4 rings (SSSR count). The van der Waals surface area contributed by atoms with E-state index in [1.165, 1.54) is 23.0 Å². The van der Waals surface area contributed by atoms with Crippen LogP contribution in [-0.4, -0.2) is 43.3 Å². The lowest BCUT2D eigenvalue weighted by Gasteiger charge is -2.09. The van der Waals surface area contributed by atoms with Crippen LogP contribution >= 0.6 is 11.6 Å². The van der Waals surface area contributed by atoms with Gasteiger partial charge in [-0.15, -0.1) is 0 Å². The number of amides is 1. The van der Waals surface area contributed by atoms with E-state index in [1.54, 1.807) is 19.1 Å². The molecular formula is C22H21ClN6O4. The van der Waals surface area contributed by atoms with Crippen molar-refractivity contribution in [1.82, 2.24) is 24.7 Å². The molecule has 1 aliphatic heterocycles. The molecule has 10 nitrogen and oxygen atoms in total. The van der Waals surface area contributed by atoms with Crippen molar-refractivity contribution < 1.29 is 14.1 Å². The maximum atomic E-state index is 12.8. The summed E-state index contributed by atoms with van der Waals surface area (Å²) >= 11 is 5.90. The third-order valence-corrected chi connectivity index (χ3v) is 5.33. The van der Waals surface area contributed by atoms with Crippen molar-refractivity contribution in [2.45, 2.75) is 31.9 Å². The summed E-state index contributed by atoms with van der Waals surface area (Å²) in [6.07, 6.45) is 7.25. The summed E-state index contributed by atoms with van der Waals surface area (Å²) in [5.41, 5.74) is 5.97. The summed E-state index contributed by atoms with van der Waals surface area (Å²) in [5, 5.41) is 4.98. The Balaban J connectivity index is 1.49. The summed E-state index contributed by atoms with van der Waals surface area (Å²) in [4.78, 5) is 36.6. The minimum absolute atomic E-state index is 0.0362. The Morgan fingerprint density at radius 2 is 2.18 bits per heavy atom. The number of halogens is 1. The van der Waals surface area contributed by atoms with Crippen molar-refractivity contribution >= 4 is 28.5 Å². The van der Waals surface area contributed by atoms with Crippen molar-refractivity contribution in [2.24, 2.45) is 5.73 Å². The average molecular weight is 469 g/mol. The molecule has 1 amide bonds. The number of rotatable bonds is 7. The van der Waals surface area contributed by atoms with Gasteiger partial charge < -0.3 is 15.0 Å². The summed E-state index contributed by atoms with van der Waals surface area (Å²) in [7, 11) is 0. The first-order valence-corrected chi connectivity index (χ1v) is 10.5. The van der Waals surface area contributed by atoms with Crippen LogP contribution in [0.1, 0.15) is 41.5 Å². The lowest BCUT2D eigenvalue weighted by Crippen LogP contribution is -2.22. The molecule has 0 aromatic carbocycles. The molecule has 33 heavy (non-hydrogen) atoms. The summed E-state index contributed by atoms with van der Waals surface area (Å²) < 4.78 is 12.6. The number of hydrogen-bond acceptors (Lipinski definition) is 8. The summed E-state index contributed by atoms with van der Waals surface area (Å²) in [6.45, 7) is 6.11. The van der Waals surface area contributed by atoms with Crippen molar-refractivity contribution in [3.8, 4) is 0 Å². The largest absolute Gasteiger partial charge is 0.373 e. The Bertz CT molecular complexity index is 1340. The number of hydrogen-bond donors (Lipinski definition) is 1. The van der Waals surface area contributed by atoms with Crippen LogP contribution in [0, 0.1) is 0 Å². The van der Waals surface area contributed by atoms with Crippen LogP contribution in [0.4, 0.5) is 0 Å². The Kier molecular flexibility index (Phi) is 6.47. The van der Waals surface area contributed by atoms with Gasteiger partial charge in [-0.3, -0.25) is 14.2 Å². The summed E-state index contributed by atoms with van der Waals surface area (Å²) in [5.74, 6) is 0.0219. The highest BCUT2D eigenvalue weighted by Crippen LogP contribution is 2.31. The fourth-order valence-corrected chi connectivity index (χ4v) is 3.56. The molecule has 0 bridgehead atoms. The molecule has 1 fully saturated rings. The molecule has 2 N–H and O–H groups in total. The van der Waals surface area contributed by atoms with Gasteiger partial charge in [0, 0.05) is 11.0 Å². The van der Waals surface area contributed by atoms with Crippen molar-refractivity contribution in [3.05, 3.63) is 81.6 Å². The quantitative estimate of drug-likeness (QED) is 0.521. The van der Waals surface area contributed by atoms with Gasteiger partial charge >= 0.3 is 0 Å². The molecule has 3 aromatic rings. The number of nitrogens with two attached hydrogens (primary N) is 1. The van der Waals surface area contributed by atoms with Crippen LogP contribution in [0.5, 0.6) is 0 Å². The highest BCUT2D eigenvalue weighted by molar-refractivity contribution is 6.29. The van der Waals surface area contributed by atoms with E-state index in [0.717, 1.165) is 5.57 Å². The van der Waals surface area contributed by atoms with E-state index >= 15 is 0 Å². The molecule has 4 heterocycles. The third-order valence-electron chi connectivity index (χ3n) is 5.20. The minimum Gasteiger partial charge on any atom is -0.373 e. The zero-order valence-corrected chi connectivity index (χ0v) is 18.5. The SMILES string of the molecule is C=C/C(=C\C=C(/C)Cl)[C@H]1C[C@H](c2noc(Cn3cnc4nc(C(N)=O)ccc4c3=O)n2)CO1. The molecule has 0 aliphatic carbocycles.